The van der Waals surface area contributed by atoms with E-state index in [1.807, 2.05) is 0 Å². The predicted octanol–water partition coefficient (Wildman–Crippen LogP) is 0.855. The van der Waals surface area contributed by atoms with E-state index < -0.39 is 23.5 Å². The van der Waals surface area contributed by atoms with Crippen LogP contribution in [-0.2, 0) is 19.1 Å². The van der Waals surface area contributed by atoms with Crippen LogP contribution < -0.4 is 27.8 Å². The van der Waals surface area contributed by atoms with Crippen molar-refractivity contribution >= 4 is 45.7 Å². The molecule has 0 saturated carbocycles. The quantitative estimate of drug-likeness (QED) is 0.285. The molecule has 0 aliphatic carbocycles. The molecule has 0 aliphatic heterocycles. The van der Waals surface area contributed by atoms with Crippen LogP contribution in [0, 0.1) is 12.7 Å². The lowest BCUT2D eigenvalue weighted by molar-refractivity contribution is -0.129. The third kappa shape index (κ3) is 5.72. The number of aromatic nitrogens is 2. The van der Waals surface area contributed by atoms with Crippen molar-refractivity contribution in [2.75, 3.05) is 36.5 Å². The molecule has 3 aromatic rings. The zero-order chi connectivity index (χ0) is 24.8. The number of rotatable bonds is 9. The van der Waals surface area contributed by atoms with Crippen molar-refractivity contribution < 1.29 is 23.5 Å². The van der Waals surface area contributed by atoms with Crippen molar-refractivity contribution in [1.82, 2.24) is 15.3 Å². The molecule has 1 aromatic carbocycles. The highest BCUT2D eigenvalue weighted by molar-refractivity contribution is 6.00. The molecule has 0 atom stereocenters. The van der Waals surface area contributed by atoms with E-state index in [-0.39, 0.29) is 43.2 Å². The molecular formula is C22H24FN7O4. The number of fused-ring (bicyclic) bond motifs is 1. The third-order valence-corrected chi connectivity index (χ3v) is 4.96. The van der Waals surface area contributed by atoms with Gasteiger partial charge in [-0.2, -0.15) is 0 Å². The van der Waals surface area contributed by atoms with Crippen LogP contribution in [0.2, 0.25) is 0 Å². The van der Waals surface area contributed by atoms with Crippen molar-refractivity contribution in [2.45, 2.75) is 13.3 Å². The van der Waals surface area contributed by atoms with Gasteiger partial charge in [-0.15, -0.1) is 0 Å². The minimum Gasteiger partial charge on any atom is -0.397 e. The summed E-state index contributed by atoms with van der Waals surface area (Å²) in [6.45, 7) is 1.08. The molecule has 0 radical (unpaired) electrons. The molecule has 12 heteroatoms. The zero-order valence-electron chi connectivity index (χ0n) is 18.4. The third-order valence-electron chi connectivity index (χ3n) is 4.96. The number of primary amides is 1. The summed E-state index contributed by atoms with van der Waals surface area (Å²) in [6.07, 6.45) is 4.32. The summed E-state index contributed by atoms with van der Waals surface area (Å²) in [5.74, 6) is -1.97. The van der Waals surface area contributed by atoms with Crippen molar-refractivity contribution in [2.24, 2.45) is 5.73 Å². The Labute approximate surface area is 193 Å². The van der Waals surface area contributed by atoms with Crippen LogP contribution in [-0.4, -0.2) is 47.4 Å². The SMILES string of the molecule is Cc1c(N)cncc1-c1cc2cc(NC(=O)CCNC(=O)COCC(N)=O)ncc2c(N)c1F. The molecule has 3 rings (SSSR count). The first-order chi connectivity index (χ1) is 16.2. The summed E-state index contributed by atoms with van der Waals surface area (Å²) < 4.78 is 19.8. The van der Waals surface area contributed by atoms with Gasteiger partial charge in [0.05, 0.1) is 17.6 Å². The molecule has 8 N–H and O–H groups in total. The minimum atomic E-state index is -0.689. The van der Waals surface area contributed by atoms with Gasteiger partial charge < -0.3 is 32.6 Å². The van der Waals surface area contributed by atoms with E-state index in [4.69, 9.17) is 21.9 Å². The first-order valence-electron chi connectivity index (χ1n) is 10.2. The smallest absolute Gasteiger partial charge is 0.246 e. The monoisotopic (exact) mass is 469 g/mol. The Morgan fingerprint density at radius 1 is 1.06 bits per heavy atom. The summed E-state index contributed by atoms with van der Waals surface area (Å²) in [4.78, 5) is 42.5. The number of hydrogen-bond acceptors (Lipinski definition) is 8. The van der Waals surface area contributed by atoms with E-state index in [0.717, 1.165) is 0 Å². The van der Waals surface area contributed by atoms with Gasteiger partial charge in [0.15, 0.2) is 5.82 Å². The number of anilines is 3. The van der Waals surface area contributed by atoms with Crippen LogP contribution in [0.1, 0.15) is 12.0 Å². The van der Waals surface area contributed by atoms with E-state index in [9.17, 15) is 14.4 Å². The van der Waals surface area contributed by atoms with Crippen LogP contribution in [0.4, 0.5) is 21.6 Å². The van der Waals surface area contributed by atoms with Gasteiger partial charge in [-0.3, -0.25) is 19.4 Å². The maximum Gasteiger partial charge on any atom is 0.246 e. The summed E-state index contributed by atoms with van der Waals surface area (Å²) in [6, 6.07) is 3.16. The minimum absolute atomic E-state index is 0.0355. The van der Waals surface area contributed by atoms with Gasteiger partial charge in [-0.25, -0.2) is 9.37 Å². The molecule has 2 aromatic heterocycles. The van der Waals surface area contributed by atoms with Crippen molar-refractivity contribution in [3.63, 3.8) is 0 Å². The van der Waals surface area contributed by atoms with Crippen LogP contribution >= 0.6 is 0 Å². The Morgan fingerprint density at radius 2 is 1.82 bits per heavy atom. The van der Waals surface area contributed by atoms with E-state index in [1.165, 1.54) is 18.6 Å². The molecule has 0 saturated heterocycles. The highest BCUT2D eigenvalue weighted by atomic mass is 19.1. The number of benzene rings is 1. The van der Waals surface area contributed by atoms with Crippen molar-refractivity contribution in [3.8, 4) is 11.1 Å². The molecule has 11 nitrogen and oxygen atoms in total. The number of nitrogen functional groups attached to an aromatic ring is 2. The van der Waals surface area contributed by atoms with Gasteiger partial charge in [-0.1, -0.05) is 0 Å². The van der Waals surface area contributed by atoms with E-state index in [2.05, 4.69) is 20.6 Å². The fraction of sp³-hybridized carbons (Fsp3) is 0.227. The molecule has 34 heavy (non-hydrogen) atoms. The normalized spacial score (nSPS) is 10.8. The van der Waals surface area contributed by atoms with Crippen LogP contribution in [0.25, 0.3) is 21.9 Å². The highest BCUT2D eigenvalue weighted by Gasteiger charge is 2.17. The standard InChI is InChI=1S/C22H24FN7O4/c1-11-14(6-27-8-16(11)24)13-4-12-5-18(29-7-15(12)22(26)21(13)23)30-19(32)2-3-28-20(33)10-34-9-17(25)31/h4-8H,2-3,9-10,24,26H2,1H3,(H2,25,31)(H,28,33)(H,29,30,32). The molecule has 0 aliphatic rings. The number of amides is 3. The number of hydrogen-bond donors (Lipinski definition) is 5. The summed E-state index contributed by atoms with van der Waals surface area (Å²) in [5, 5.41) is 6.04. The van der Waals surface area contributed by atoms with Gasteiger partial charge in [-0.05, 0) is 30.0 Å². The first-order valence-corrected chi connectivity index (χ1v) is 10.2. The number of nitrogens with one attached hydrogen (secondary N) is 2. The Morgan fingerprint density at radius 3 is 2.56 bits per heavy atom. The largest absolute Gasteiger partial charge is 0.397 e. The first kappa shape index (κ1) is 24.3. The predicted molar refractivity (Wildman–Crippen MR) is 125 cm³/mol. The second-order valence-electron chi connectivity index (χ2n) is 7.45. The zero-order valence-corrected chi connectivity index (χ0v) is 18.4. The fourth-order valence-corrected chi connectivity index (χ4v) is 3.19. The average Bonchev–Trinajstić information content (AvgIpc) is 2.78. The number of carbonyl (C=O) groups is 3. The fourth-order valence-electron chi connectivity index (χ4n) is 3.19. The Kier molecular flexibility index (Phi) is 7.53. The number of nitrogens with zero attached hydrogens (tertiary/aromatic N) is 2. The lowest BCUT2D eigenvalue weighted by atomic mass is 9.97. The lowest BCUT2D eigenvalue weighted by Crippen LogP contribution is -2.32. The van der Waals surface area contributed by atoms with Crippen LogP contribution in [0.3, 0.4) is 0 Å². The maximum atomic E-state index is 15.0. The summed E-state index contributed by atoms with van der Waals surface area (Å²) in [5.41, 5.74) is 18.6. The van der Waals surface area contributed by atoms with Gasteiger partial charge in [0.25, 0.3) is 0 Å². The number of nitrogens with two attached hydrogens (primary N) is 3. The molecule has 2 heterocycles. The number of pyridine rings is 2. The molecule has 178 valence electrons. The van der Waals surface area contributed by atoms with Crippen molar-refractivity contribution in [1.29, 1.82) is 0 Å². The number of carbonyl (C=O) groups excluding carboxylic acids is 3. The van der Waals surface area contributed by atoms with Crippen LogP contribution in [0.15, 0.2) is 30.7 Å². The van der Waals surface area contributed by atoms with E-state index in [0.29, 0.717) is 27.6 Å². The van der Waals surface area contributed by atoms with Gasteiger partial charge >= 0.3 is 0 Å². The van der Waals surface area contributed by atoms with Gasteiger partial charge in [0, 0.05) is 41.9 Å². The van der Waals surface area contributed by atoms with Crippen molar-refractivity contribution in [3.05, 3.63) is 42.1 Å². The number of halogens is 1. The molecule has 0 unspecified atom stereocenters. The second kappa shape index (κ2) is 10.5. The van der Waals surface area contributed by atoms with Gasteiger partial charge in [0.2, 0.25) is 17.7 Å². The number of ether oxygens (including phenoxy) is 1. The Balaban J connectivity index is 1.70. The maximum absolute atomic E-state index is 15.0. The summed E-state index contributed by atoms with van der Waals surface area (Å²) in [7, 11) is 0. The van der Waals surface area contributed by atoms with Gasteiger partial charge in [0.1, 0.15) is 19.0 Å². The van der Waals surface area contributed by atoms with E-state index >= 15 is 4.39 Å². The summed E-state index contributed by atoms with van der Waals surface area (Å²) >= 11 is 0. The van der Waals surface area contributed by atoms with E-state index in [1.54, 1.807) is 19.1 Å². The Bertz CT molecular complexity index is 1270. The topological polar surface area (TPSA) is 188 Å². The van der Waals surface area contributed by atoms with Crippen LogP contribution in [0.5, 0.6) is 0 Å². The molecule has 0 bridgehead atoms. The second-order valence-corrected chi connectivity index (χ2v) is 7.45. The molecular weight excluding hydrogens is 445 g/mol. The highest BCUT2D eigenvalue weighted by Crippen LogP contribution is 2.35. The average molecular weight is 469 g/mol. The molecule has 0 spiro atoms. The Hall–Kier alpha value is -4.32. The lowest BCUT2D eigenvalue weighted by Gasteiger charge is -2.13. The molecule has 3 amide bonds. The molecule has 0 fully saturated rings.